The Morgan fingerprint density at radius 2 is 2.26 bits per heavy atom. The molecule has 0 spiro atoms. The summed E-state index contributed by atoms with van der Waals surface area (Å²) in [7, 11) is 0. The summed E-state index contributed by atoms with van der Waals surface area (Å²) in [4.78, 5) is 11.6. The molecule has 4 heteroatoms. The summed E-state index contributed by atoms with van der Waals surface area (Å²) in [6.45, 7) is 4.75. The van der Waals surface area contributed by atoms with Crippen molar-refractivity contribution in [2.75, 3.05) is 13.2 Å². The Balaban J connectivity index is 1.88. The van der Waals surface area contributed by atoms with Gasteiger partial charge in [-0.15, -0.1) is 0 Å². The van der Waals surface area contributed by atoms with Crippen LogP contribution in [0.2, 0.25) is 0 Å². The molecule has 1 aromatic rings. The van der Waals surface area contributed by atoms with Crippen LogP contribution >= 0.6 is 0 Å². The molecule has 1 fully saturated rings. The van der Waals surface area contributed by atoms with Gasteiger partial charge >= 0.3 is 0 Å². The van der Waals surface area contributed by atoms with E-state index in [-0.39, 0.29) is 18.6 Å². The van der Waals surface area contributed by atoms with Gasteiger partial charge in [-0.05, 0) is 38.7 Å². The van der Waals surface area contributed by atoms with Crippen LogP contribution in [0.25, 0.3) is 0 Å². The van der Waals surface area contributed by atoms with Gasteiger partial charge in [-0.1, -0.05) is 17.7 Å². The van der Waals surface area contributed by atoms with E-state index in [9.17, 15) is 4.79 Å². The molecule has 2 rings (SSSR count). The second-order valence-corrected chi connectivity index (χ2v) is 5.37. The Bertz CT molecular complexity index is 453. The van der Waals surface area contributed by atoms with Crippen molar-refractivity contribution in [2.24, 2.45) is 11.7 Å². The molecule has 0 bridgehead atoms. The zero-order valence-electron chi connectivity index (χ0n) is 11.6. The summed E-state index contributed by atoms with van der Waals surface area (Å²) in [5.74, 6) is 1.31. The lowest BCUT2D eigenvalue weighted by molar-refractivity contribution is -0.123. The van der Waals surface area contributed by atoms with Gasteiger partial charge in [-0.25, -0.2) is 0 Å². The summed E-state index contributed by atoms with van der Waals surface area (Å²) in [6.07, 6.45) is 2.46. The first kappa shape index (κ1) is 13.9. The summed E-state index contributed by atoms with van der Waals surface area (Å²) in [5, 5.41) is 2.88. The quantitative estimate of drug-likeness (QED) is 0.823. The van der Waals surface area contributed by atoms with Crippen LogP contribution in [0.3, 0.4) is 0 Å². The molecule has 0 radical (unpaired) electrons. The molecule has 1 aliphatic rings. The van der Waals surface area contributed by atoms with E-state index >= 15 is 0 Å². The number of ether oxygens (including phenoxy) is 1. The Kier molecular flexibility index (Phi) is 4.43. The number of carbonyl (C=O) groups is 1. The highest BCUT2D eigenvalue weighted by Gasteiger charge is 2.21. The van der Waals surface area contributed by atoms with Gasteiger partial charge in [0.05, 0.1) is 0 Å². The number of aryl methyl sites for hydroxylation is 1. The van der Waals surface area contributed by atoms with E-state index in [0.29, 0.717) is 11.7 Å². The van der Waals surface area contributed by atoms with Crippen LogP contribution in [0.15, 0.2) is 18.2 Å². The first-order valence-corrected chi connectivity index (χ1v) is 6.82. The maximum absolute atomic E-state index is 11.6. The maximum Gasteiger partial charge on any atom is 0.257 e. The van der Waals surface area contributed by atoms with Crippen molar-refractivity contribution in [3.8, 4) is 5.75 Å². The maximum atomic E-state index is 11.6. The second kappa shape index (κ2) is 6.06. The number of benzene rings is 1. The molecule has 0 aliphatic heterocycles. The van der Waals surface area contributed by atoms with Crippen molar-refractivity contribution in [3.63, 3.8) is 0 Å². The van der Waals surface area contributed by atoms with E-state index in [4.69, 9.17) is 10.5 Å². The van der Waals surface area contributed by atoms with Gasteiger partial charge < -0.3 is 15.8 Å². The predicted octanol–water partition coefficient (Wildman–Crippen LogP) is 1.92. The fourth-order valence-electron chi connectivity index (χ4n) is 1.93. The van der Waals surface area contributed by atoms with Crippen LogP contribution in [0.5, 0.6) is 5.75 Å². The monoisotopic (exact) mass is 262 g/mol. The molecule has 1 atom stereocenters. The third kappa shape index (κ3) is 4.24. The zero-order valence-corrected chi connectivity index (χ0v) is 11.6. The number of amides is 1. The van der Waals surface area contributed by atoms with E-state index in [1.165, 1.54) is 12.8 Å². The standard InChI is InChI=1S/C15H22N2O2/c1-10-3-6-14(13(7-10)11(2)16)19-9-15(18)17-8-12-4-5-12/h3,6-7,11-12H,4-5,8-9,16H2,1-2H3,(H,17,18)/t11-/m0/s1. The molecule has 0 aromatic heterocycles. The first-order valence-electron chi connectivity index (χ1n) is 6.82. The topological polar surface area (TPSA) is 64.3 Å². The summed E-state index contributed by atoms with van der Waals surface area (Å²) in [6, 6.07) is 5.73. The fourth-order valence-corrected chi connectivity index (χ4v) is 1.93. The van der Waals surface area contributed by atoms with E-state index in [1.54, 1.807) is 0 Å². The molecule has 0 heterocycles. The van der Waals surface area contributed by atoms with Gasteiger partial charge in [0.25, 0.3) is 5.91 Å². The minimum atomic E-state index is -0.107. The van der Waals surface area contributed by atoms with Gasteiger partial charge in [-0.3, -0.25) is 4.79 Å². The largest absolute Gasteiger partial charge is 0.483 e. The van der Waals surface area contributed by atoms with Gasteiger partial charge in [0.1, 0.15) is 5.75 Å². The smallest absolute Gasteiger partial charge is 0.257 e. The van der Waals surface area contributed by atoms with Crippen LogP contribution in [0, 0.1) is 12.8 Å². The summed E-state index contributed by atoms with van der Waals surface area (Å²) < 4.78 is 5.58. The summed E-state index contributed by atoms with van der Waals surface area (Å²) >= 11 is 0. The molecule has 0 unspecified atom stereocenters. The van der Waals surface area contributed by atoms with Gasteiger partial charge in [0, 0.05) is 18.2 Å². The highest BCUT2D eigenvalue weighted by Crippen LogP contribution is 2.27. The molecular weight excluding hydrogens is 240 g/mol. The van der Waals surface area contributed by atoms with Gasteiger partial charge in [0.15, 0.2) is 6.61 Å². The predicted molar refractivity (Wildman–Crippen MR) is 75.0 cm³/mol. The average molecular weight is 262 g/mol. The number of nitrogens with one attached hydrogen (secondary N) is 1. The third-order valence-electron chi connectivity index (χ3n) is 3.30. The van der Waals surface area contributed by atoms with Crippen molar-refractivity contribution in [3.05, 3.63) is 29.3 Å². The Hall–Kier alpha value is -1.55. The minimum absolute atomic E-state index is 0.0511. The highest BCUT2D eigenvalue weighted by atomic mass is 16.5. The van der Waals surface area contributed by atoms with E-state index < -0.39 is 0 Å². The lowest BCUT2D eigenvalue weighted by atomic mass is 10.1. The molecule has 3 N–H and O–H groups in total. The number of hydrogen-bond acceptors (Lipinski definition) is 3. The molecule has 104 valence electrons. The molecule has 4 nitrogen and oxygen atoms in total. The SMILES string of the molecule is Cc1ccc(OCC(=O)NCC2CC2)c([C@H](C)N)c1. The minimum Gasteiger partial charge on any atom is -0.483 e. The molecule has 1 aliphatic carbocycles. The van der Waals surface area contributed by atoms with Gasteiger partial charge in [0.2, 0.25) is 0 Å². The van der Waals surface area contributed by atoms with Crippen molar-refractivity contribution >= 4 is 5.91 Å². The van der Waals surface area contributed by atoms with Crippen molar-refractivity contribution in [1.29, 1.82) is 0 Å². The van der Waals surface area contributed by atoms with E-state index in [1.807, 2.05) is 32.0 Å². The molecule has 1 saturated carbocycles. The Morgan fingerprint density at radius 1 is 1.53 bits per heavy atom. The van der Waals surface area contributed by atoms with Crippen molar-refractivity contribution in [1.82, 2.24) is 5.32 Å². The number of carbonyl (C=O) groups excluding carboxylic acids is 1. The van der Waals surface area contributed by atoms with Crippen molar-refractivity contribution < 1.29 is 9.53 Å². The Labute approximate surface area is 114 Å². The molecule has 1 aromatic carbocycles. The molecular formula is C15H22N2O2. The average Bonchev–Trinajstić information content (AvgIpc) is 3.18. The van der Waals surface area contributed by atoms with Crippen LogP contribution in [-0.2, 0) is 4.79 Å². The number of hydrogen-bond donors (Lipinski definition) is 2. The Morgan fingerprint density at radius 3 is 2.89 bits per heavy atom. The lowest BCUT2D eigenvalue weighted by Crippen LogP contribution is -2.30. The van der Waals surface area contributed by atoms with Gasteiger partial charge in [-0.2, -0.15) is 0 Å². The van der Waals surface area contributed by atoms with Crippen LogP contribution in [0.4, 0.5) is 0 Å². The molecule has 1 amide bonds. The zero-order chi connectivity index (χ0) is 13.8. The number of rotatable bonds is 6. The fraction of sp³-hybridized carbons (Fsp3) is 0.533. The van der Waals surface area contributed by atoms with E-state index in [2.05, 4.69) is 5.32 Å². The lowest BCUT2D eigenvalue weighted by Gasteiger charge is -2.14. The third-order valence-corrected chi connectivity index (χ3v) is 3.30. The van der Waals surface area contributed by atoms with Crippen LogP contribution in [0.1, 0.15) is 36.9 Å². The summed E-state index contributed by atoms with van der Waals surface area (Å²) in [5.41, 5.74) is 7.99. The second-order valence-electron chi connectivity index (χ2n) is 5.37. The normalized spacial score (nSPS) is 15.9. The first-order chi connectivity index (χ1) is 9.06. The molecule has 19 heavy (non-hydrogen) atoms. The highest BCUT2D eigenvalue weighted by molar-refractivity contribution is 5.77. The molecule has 0 saturated heterocycles. The van der Waals surface area contributed by atoms with Crippen LogP contribution < -0.4 is 15.8 Å². The van der Waals surface area contributed by atoms with Crippen molar-refractivity contribution in [2.45, 2.75) is 32.7 Å². The van der Waals surface area contributed by atoms with Crippen LogP contribution in [-0.4, -0.2) is 19.1 Å². The number of nitrogens with two attached hydrogens (primary N) is 1. The van der Waals surface area contributed by atoms with E-state index in [0.717, 1.165) is 17.7 Å².